The average molecular weight is 313 g/mol. The third kappa shape index (κ3) is 2.69. The largest absolute Gasteiger partial charge is 0.496 e. The van der Waals surface area contributed by atoms with E-state index in [4.69, 9.17) is 10.5 Å². The van der Waals surface area contributed by atoms with E-state index in [1.54, 1.807) is 6.07 Å². The summed E-state index contributed by atoms with van der Waals surface area (Å²) in [6.07, 6.45) is 1.35. The maximum atomic E-state index is 14.6. The molecular weight excluding hydrogens is 300 g/mol. The number of rotatable bonds is 3. The normalized spacial score (nSPS) is 10.8. The summed E-state index contributed by atoms with van der Waals surface area (Å²) in [5.74, 6) is -0.135. The molecule has 0 aliphatic rings. The number of benzene rings is 2. The molecule has 0 bridgehead atoms. The first-order chi connectivity index (χ1) is 11.0. The molecule has 0 saturated heterocycles. The number of halogens is 1. The minimum Gasteiger partial charge on any atom is -0.496 e. The van der Waals surface area contributed by atoms with Crippen LogP contribution in [0, 0.1) is 5.82 Å². The zero-order valence-electron chi connectivity index (χ0n) is 12.2. The van der Waals surface area contributed by atoms with Crippen LogP contribution in [0.3, 0.4) is 0 Å². The number of ether oxygens (including phenoxy) is 1. The quantitative estimate of drug-likeness (QED) is 0.616. The van der Waals surface area contributed by atoms with Crippen LogP contribution in [0.5, 0.6) is 5.75 Å². The van der Waals surface area contributed by atoms with Crippen LogP contribution in [0.25, 0.3) is 22.0 Å². The van der Waals surface area contributed by atoms with Crippen LogP contribution in [0.2, 0.25) is 0 Å². The molecule has 0 aliphatic carbocycles. The summed E-state index contributed by atoms with van der Waals surface area (Å²) >= 11 is 0. The lowest BCUT2D eigenvalue weighted by atomic mass is 9.79. The molecule has 4 N–H and O–H groups in total. The van der Waals surface area contributed by atoms with Crippen molar-refractivity contribution >= 4 is 29.2 Å². The van der Waals surface area contributed by atoms with E-state index in [9.17, 15) is 14.4 Å². The molecule has 23 heavy (non-hydrogen) atoms. The van der Waals surface area contributed by atoms with Crippen molar-refractivity contribution in [2.75, 3.05) is 12.8 Å². The van der Waals surface area contributed by atoms with Gasteiger partial charge in [-0.15, -0.1) is 0 Å². The van der Waals surface area contributed by atoms with Crippen molar-refractivity contribution < 1.29 is 19.2 Å². The fourth-order valence-electron chi connectivity index (χ4n) is 2.40. The molecule has 116 valence electrons. The molecule has 0 saturated carbocycles. The number of methoxy groups -OCH3 is 1. The zero-order valence-corrected chi connectivity index (χ0v) is 12.2. The minimum absolute atomic E-state index is 0.205. The van der Waals surface area contributed by atoms with E-state index in [0.717, 1.165) is 0 Å². The summed E-state index contributed by atoms with van der Waals surface area (Å²) < 4.78 is 19.8. The molecule has 0 spiro atoms. The third-order valence-corrected chi connectivity index (χ3v) is 3.57. The van der Waals surface area contributed by atoms with Gasteiger partial charge in [0.1, 0.15) is 11.6 Å². The summed E-state index contributed by atoms with van der Waals surface area (Å²) in [4.78, 5) is 0. The Balaban J connectivity index is 2.27. The van der Waals surface area contributed by atoms with E-state index in [1.165, 1.54) is 37.6 Å². The van der Waals surface area contributed by atoms with Crippen LogP contribution in [0.15, 0.2) is 36.5 Å². The van der Waals surface area contributed by atoms with Crippen molar-refractivity contribution in [3.8, 4) is 16.9 Å². The highest BCUT2D eigenvalue weighted by molar-refractivity contribution is 6.58. The van der Waals surface area contributed by atoms with Gasteiger partial charge in [0.15, 0.2) is 0 Å². The van der Waals surface area contributed by atoms with Gasteiger partial charge < -0.3 is 20.5 Å². The van der Waals surface area contributed by atoms with Crippen molar-refractivity contribution in [1.29, 1.82) is 0 Å². The van der Waals surface area contributed by atoms with Gasteiger partial charge in [-0.05, 0) is 23.7 Å². The van der Waals surface area contributed by atoms with Crippen molar-refractivity contribution in [2.45, 2.75) is 0 Å². The Morgan fingerprint density at radius 2 is 1.96 bits per heavy atom. The summed E-state index contributed by atoms with van der Waals surface area (Å²) in [6.45, 7) is 0. The lowest BCUT2D eigenvalue weighted by Gasteiger charge is -2.12. The Hall–Kier alpha value is -2.71. The van der Waals surface area contributed by atoms with E-state index in [-0.39, 0.29) is 11.0 Å². The van der Waals surface area contributed by atoms with Crippen LogP contribution in [-0.2, 0) is 0 Å². The molecular formula is C15H13BFN3O3. The van der Waals surface area contributed by atoms with Crippen LogP contribution in [0.1, 0.15) is 0 Å². The highest BCUT2D eigenvalue weighted by atomic mass is 19.1. The third-order valence-electron chi connectivity index (χ3n) is 3.57. The topological polar surface area (TPSA) is 101 Å². The lowest BCUT2D eigenvalue weighted by molar-refractivity contribution is 0.415. The SMILES string of the molecule is COc1ccc(B(O)O)cc1-c1cc2nncc(N)c2cc1F. The van der Waals surface area contributed by atoms with Gasteiger partial charge in [0.25, 0.3) is 0 Å². The first-order valence-electron chi connectivity index (χ1n) is 6.76. The van der Waals surface area contributed by atoms with Crippen LogP contribution < -0.4 is 15.9 Å². The number of hydrogen-bond acceptors (Lipinski definition) is 6. The number of anilines is 1. The second-order valence-electron chi connectivity index (χ2n) is 4.98. The van der Waals surface area contributed by atoms with Gasteiger partial charge in [-0.1, -0.05) is 12.1 Å². The van der Waals surface area contributed by atoms with Gasteiger partial charge in [0, 0.05) is 16.5 Å². The Bertz CT molecular complexity index is 889. The van der Waals surface area contributed by atoms with Crippen molar-refractivity contribution in [3.63, 3.8) is 0 Å². The van der Waals surface area contributed by atoms with Gasteiger partial charge in [-0.2, -0.15) is 10.2 Å². The van der Waals surface area contributed by atoms with Gasteiger partial charge in [0.2, 0.25) is 0 Å². The van der Waals surface area contributed by atoms with Crippen molar-refractivity contribution in [1.82, 2.24) is 10.2 Å². The smallest absolute Gasteiger partial charge is 0.488 e. The number of aromatic nitrogens is 2. The van der Waals surface area contributed by atoms with Crippen LogP contribution in [-0.4, -0.2) is 34.5 Å². The predicted octanol–water partition coefficient (Wildman–Crippen LogP) is 0.706. The molecule has 3 rings (SSSR count). The van der Waals surface area contributed by atoms with Gasteiger partial charge in [0.05, 0.1) is 24.5 Å². The monoisotopic (exact) mass is 313 g/mol. The first-order valence-corrected chi connectivity index (χ1v) is 6.76. The average Bonchev–Trinajstić information content (AvgIpc) is 2.54. The number of nitrogen functional groups attached to an aromatic ring is 1. The van der Waals surface area contributed by atoms with Crippen molar-refractivity contribution in [2.24, 2.45) is 0 Å². The Labute approximate surface area is 131 Å². The Morgan fingerprint density at radius 1 is 1.17 bits per heavy atom. The molecule has 0 amide bonds. The van der Waals surface area contributed by atoms with E-state index >= 15 is 0 Å². The molecule has 0 fully saturated rings. The van der Waals surface area contributed by atoms with Gasteiger partial charge >= 0.3 is 7.12 Å². The summed E-state index contributed by atoms with van der Waals surface area (Å²) in [6, 6.07) is 7.26. The maximum Gasteiger partial charge on any atom is 0.488 e. The molecule has 0 aliphatic heterocycles. The molecule has 8 heteroatoms. The van der Waals surface area contributed by atoms with E-state index in [0.29, 0.717) is 27.9 Å². The van der Waals surface area contributed by atoms with E-state index in [2.05, 4.69) is 10.2 Å². The summed E-state index contributed by atoms with van der Waals surface area (Å²) in [7, 11) is -0.219. The molecule has 0 unspecified atom stereocenters. The highest BCUT2D eigenvalue weighted by Crippen LogP contribution is 2.34. The predicted molar refractivity (Wildman–Crippen MR) is 85.7 cm³/mol. The number of nitrogens with zero attached hydrogens (tertiary/aromatic N) is 2. The Kier molecular flexibility index (Phi) is 3.85. The van der Waals surface area contributed by atoms with E-state index in [1.807, 2.05) is 0 Å². The molecule has 0 radical (unpaired) electrons. The van der Waals surface area contributed by atoms with E-state index < -0.39 is 12.9 Å². The van der Waals surface area contributed by atoms with Crippen LogP contribution in [0.4, 0.5) is 10.1 Å². The summed E-state index contributed by atoms with van der Waals surface area (Å²) in [5.41, 5.74) is 7.33. The lowest BCUT2D eigenvalue weighted by Crippen LogP contribution is -2.29. The number of hydrogen-bond donors (Lipinski definition) is 3. The molecule has 1 heterocycles. The molecule has 6 nitrogen and oxygen atoms in total. The summed E-state index contributed by atoms with van der Waals surface area (Å²) in [5, 5.41) is 26.8. The highest BCUT2D eigenvalue weighted by Gasteiger charge is 2.18. The Morgan fingerprint density at radius 3 is 2.65 bits per heavy atom. The molecule has 1 aromatic heterocycles. The molecule has 2 aromatic carbocycles. The standard InChI is InChI=1S/C15H13BFN3O3/c1-23-15-3-2-8(16(21)22)4-10(15)9-6-14-11(5-12(9)17)13(18)7-19-20-14/h2-7,21-22H,1H3,(H2,18,20). The second-order valence-corrected chi connectivity index (χ2v) is 4.98. The molecule has 3 aromatic rings. The first kappa shape index (κ1) is 15.2. The maximum absolute atomic E-state index is 14.6. The van der Waals surface area contributed by atoms with Crippen molar-refractivity contribution in [3.05, 3.63) is 42.3 Å². The molecule has 0 atom stereocenters. The second kappa shape index (κ2) is 5.83. The fourth-order valence-corrected chi connectivity index (χ4v) is 2.40. The minimum atomic E-state index is -1.67. The van der Waals surface area contributed by atoms with Gasteiger partial charge in [-0.25, -0.2) is 4.39 Å². The zero-order chi connectivity index (χ0) is 16.6. The number of nitrogens with two attached hydrogens (primary N) is 1. The van der Waals surface area contributed by atoms with Crippen LogP contribution >= 0.6 is 0 Å². The van der Waals surface area contributed by atoms with Gasteiger partial charge in [-0.3, -0.25) is 0 Å². The number of fused-ring (bicyclic) bond motifs is 1. The fraction of sp³-hybridized carbons (Fsp3) is 0.0667.